The van der Waals surface area contributed by atoms with Crippen LogP contribution in [0.4, 0.5) is 10.5 Å². The highest BCUT2D eigenvalue weighted by Crippen LogP contribution is 2.58. The number of anilines is 1. The molecule has 2 heterocycles. The Bertz CT molecular complexity index is 705. The van der Waals surface area contributed by atoms with E-state index in [0.29, 0.717) is 23.7 Å². The molecule has 1 N–H and O–H groups in total. The Morgan fingerprint density at radius 1 is 1.29 bits per heavy atom. The minimum absolute atomic E-state index is 0.0213. The van der Waals surface area contributed by atoms with Crippen LogP contribution in [0.5, 0.6) is 11.5 Å². The predicted octanol–water partition coefficient (Wildman–Crippen LogP) is 1.75. The van der Waals surface area contributed by atoms with Crippen molar-refractivity contribution in [1.82, 2.24) is 9.80 Å². The summed E-state index contributed by atoms with van der Waals surface area (Å²) in [5.74, 6) is 1.35. The van der Waals surface area contributed by atoms with E-state index in [-0.39, 0.29) is 30.1 Å². The quantitative estimate of drug-likeness (QED) is 0.896. The van der Waals surface area contributed by atoms with Gasteiger partial charge < -0.3 is 24.6 Å². The van der Waals surface area contributed by atoms with Gasteiger partial charge in [-0.1, -0.05) is 0 Å². The summed E-state index contributed by atoms with van der Waals surface area (Å²) in [6, 6.07) is 5.42. The summed E-state index contributed by atoms with van der Waals surface area (Å²) in [6.45, 7) is 1.61. The number of amides is 3. The van der Waals surface area contributed by atoms with Gasteiger partial charge in [-0.05, 0) is 25.0 Å². The number of benzene rings is 1. The molecule has 1 aromatic rings. The lowest BCUT2D eigenvalue weighted by atomic mass is 10.0. The normalized spacial score (nSPS) is 26.6. The Hall–Kier alpha value is -2.44. The first-order valence-electron chi connectivity index (χ1n) is 8.15. The highest BCUT2D eigenvalue weighted by molar-refractivity contribution is 5.95. The maximum Gasteiger partial charge on any atom is 0.319 e. The molecule has 2 fully saturated rings. The lowest BCUT2D eigenvalue weighted by Gasteiger charge is -2.21. The van der Waals surface area contributed by atoms with Crippen molar-refractivity contribution >= 4 is 17.6 Å². The average Bonchev–Trinajstić information content (AvgIpc) is 2.89. The van der Waals surface area contributed by atoms with Crippen LogP contribution < -0.4 is 14.8 Å². The van der Waals surface area contributed by atoms with E-state index in [4.69, 9.17) is 9.47 Å². The maximum atomic E-state index is 12.5. The van der Waals surface area contributed by atoms with Gasteiger partial charge in [0.2, 0.25) is 12.7 Å². The molecule has 24 heavy (non-hydrogen) atoms. The van der Waals surface area contributed by atoms with Crippen molar-refractivity contribution < 1.29 is 19.1 Å². The van der Waals surface area contributed by atoms with E-state index in [1.807, 2.05) is 11.0 Å². The van der Waals surface area contributed by atoms with Crippen molar-refractivity contribution in [2.45, 2.75) is 12.8 Å². The van der Waals surface area contributed by atoms with E-state index in [1.54, 1.807) is 31.1 Å². The number of hydrogen-bond acceptors (Lipinski definition) is 4. The van der Waals surface area contributed by atoms with E-state index >= 15 is 0 Å². The molecule has 1 aliphatic carbocycles. The number of fused-ring (bicyclic) bond motifs is 1. The van der Waals surface area contributed by atoms with Gasteiger partial charge >= 0.3 is 6.03 Å². The summed E-state index contributed by atoms with van der Waals surface area (Å²) < 4.78 is 10.6. The fourth-order valence-corrected chi connectivity index (χ4v) is 3.72. The highest BCUT2D eigenvalue weighted by Gasteiger charge is 2.61. The van der Waals surface area contributed by atoms with Gasteiger partial charge in [0.25, 0.3) is 0 Å². The summed E-state index contributed by atoms with van der Waals surface area (Å²) >= 11 is 0. The maximum absolute atomic E-state index is 12.5. The van der Waals surface area contributed by atoms with Crippen LogP contribution in [0.1, 0.15) is 12.8 Å². The van der Waals surface area contributed by atoms with Crippen LogP contribution in [0, 0.1) is 11.3 Å². The summed E-state index contributed by atoms with van der Waals surface area (Å²) in [7, 11) is 3.51. The van der Waals surface area contributed by atoms with Crippen LogP contribution in [-0.2, 0) is 4.79 Å². The zero-order chi connectivity index (χ0) is 16.9. The molecule has 2 atom stereocenters. The standard InChI is InChI=1S/C17H21N3O4/c1-19(2)16(22)20-6-5-17(9-20)8-12(17)15(21)18-11-3-4-13-14(7-11)24-10-23-13/h3-4,7,12H,5-6,8-10H2,1-2H3,(H,18,21)/t12-,17+/m1/s1. The lowest BCUT2D eigenvalue weighted by Crippen LogP contribution is -2.38. The van der Waals surface area contributed by atoms with Gasteiger partial charge in [0.15, 0.2) is 11.5 Å². The molecule has 1 aromatic carbocycles. The first kappa shape index (κ1) is 15.1. The SMILES string of the molecule is CN(C)C(=O)N1CC[C@]2(C[C@@H]2C(=O)Nc2ccc3c(c2)OCO3)C1. The van der Waals surface area contributed by atoms with Crippen molar-refractivity contribution in [3.05, 3.63) is 18.2 Å². The molecule has 0 bridgehead atoms. The molecule has 1 saturated carbocycles. The third-order valence-electron chi connectivity index (χ3n) is 5.18. The van der Waals surface area contributed by atoms with Gasteiger partial charge in [0, 0.05) is 50.3 Å². The number of rotatable bonds is 2. The number of carbonyl (C=O) groups is 2. The molecule has 0 unspecified atom stereocenters. The molecule has 1 spiro atoms. The fourth-order valence-electron chi connectivity index (χ4n) is 3.72. The largest absolute Gasteiger partial charge is 0.454 e. The Labute approximate surface area is 140 Å². The number of likely N-dealkylation sites (tertiary alicyclic amines) is 1. The number of ether oxygens (including phenoxy) is 2. The van der Waals surface area contributed by atoms with Gasteiger partial charge in [-0.25, -0.2) is 4.79 Å². The zero-order valence-electron chi connectivity index (χ0n) is 13.9. The second kappa shape index (κ2) is 5.29. The first-order chi connectivity index (χ1) is 11.5. The molecule has 1 saturated heterocycles. The topological polar surface area (TPSA) is 71.1 Å². The van der Waals surface area contributed by atoms with E-state index in [2.05, 4.69) is 5.32 Å². The van der Waals surface area contributed by atoms with Gasteiger partial charge in [0.1, 0.15) is 0 Å². The first-order valence-corrected chi connectivity index (χ1v) is 8.15. The van der Waals surface area contributed by atoms with Crippen LogP contribution in [0.15, 0.2) is 18.2 Å². The molecule has 128 valence electrons. The molecule has 0 radical (unpaired) electrons. The van der Waals surface area contributed by atoms with Gasteiger partial charge in [-0.15, -0.1) is 0 Å². The van der Waals surface area contributed by atoms with Gasteiger partial charge in [0.05, 0.1) is 0 Å². The zero-order valence-corrected chi connectivity index (χ0v) is 13.9. The van der Waals surface area contributed by atoms with Crippen molar-refractivity contribution in [3.63, 3.8) is 0 Å². The number of urea groups is 1. The van der Waals surface area contributed by atoms with Crippen LogP contribution in [0.25, 0.3) is 0 Å². The lowest BCUT2D eigenvalue weighted by molar-refractivity contribution is -0.118. The van der Waals surface area contributed by atoms with Crippen molar-refractivity contribution in [3.8, 4) is 11.5 Å². The summed E-state index contributed by atoms with van der Waals surface area (Å²) in [5.41, 5.74) is 0.678. The van der Waals surface area contributed by atoms with Crippen LogP contribution in [0.3, 0.4) is 0 Å². The molecular weight excluding hydrogens is 310 g/mol. The van der Waals surface area contributed by atoms with E-state index in [1.165, 1.54) is 0 Å². The molecule has 4 rings (SSSR count). The number of nitrogens with zero attached hydrogens (tertiary/aromatic N) is 2. The van der Waals surface area contributed by atoms with Crippen molar-refractivity contribution in [1.29, 1.82) is 0 Å². The monoisotopic (exact) mass is 331 g/mol. The Morgan fingerprint density at radius 3 is 2.88 bits per heavy atom. The smallest absolute Gasteiger partial charge is 0.319 e. The van der Waals surface area contributed by atoms with Crippen LogP contribution in [0.2, 0.25) is 0 Å². The minimum Gasteiger partial charge on any atom is -0.454 e. The summed E-state index contributed by atoms with van der Waals surface area (Å²) in [6.07, 6.45) is 1.74. The van der Waals surface area contributed by atoms with Crippen LogP contribution in [-0.4, -0.2) is 55.7 Å². The Balaban J connectivity index is 1.38. The predicted molar refractivity (Wildman–Crippen MR) is 87.0 cm³/mol. The second-order valence-electron chi connectivity index (χ2n) is 7.02. The Kier molecular flexibility index (Phi) is 3.33. The second-order valence-corrected chi connectivity index (χ2v) is 7.02. The van der Waals surface area contributed by atoms with Crippen molar-refractivity contribution in [2.24, 2.45) is 11.3 Å². The molecule has 3 aliphatic rings. The summed E-state index contributed by atoms with van der Waals surface area (Å²) in [5, 5.41) is 2.96. The molecule has 7 heteroatoms. The minimum atomic E-state index is -0.0356. The van der Waals surface area contributed by atoms with E-state index < -0.39 is 0 Å². The van der Waals surface area contributed by atoms with Gasteiger partial charge in [-0.3, -0.25) is 4.79 Å². The van der Waals surface area contributed by atoms with E-state index in [9.17, 15) is 9.59 Å². The summed E-state index contributed by atoms with van der Waals surface area (Å²) in [4.78, 5) is 28.0. The highest BCUT2D eigenvalue weighted by atomic mass is 16.7. The molecular formula is C17H21N3O4. The number of nitrogens with one attached hydrogen (secondary N) is 1. The van der Waals surface area contributed by atoms with Crippen LogP contribution >= 0.6 is 0 Å². The molecule has 7 nitrogen and oxygen atoms in total. The molecule has 2 aliphatic heterocycles. The number of hydrogen-bond donors (Lipinski definition) is 1. The van der Waals surface area contributed by atoms with Gasteiger partial charge in [-0.2, -0.15) is 0 Å². The molecule has 0 aromatic heterocycles. The average molecular weight is 331 g/mol. The fraction of sp³-hybridized carbons (Fsp3) is 0.529. The third-order valence-corrected chi connectivity index (χ3v) is 5.18. The van der Waals surface area contributed by atoms with Crippen molar-refractivity contribution in [2.75, 3.05) is 39.3 Å². The number of carbonyl (C=O) groups excluding carboxylic acids is 2. The Morgan fingerprint density at radius 2 is 2.08 bits per heavy atom. The van der Waals surface area contributed by atoms with E-state index in [0.717, 1.165) is 19.4 Å². The molecule has 3 amide bonds. The third kappa shape index (κ3) is 2.44.